The number of hydrogen-bond donors (Lipinski definition) is 3. The highest BCUT2D eigenvalue weighted by atomic mass is 16.5. The number of primary amides is 1. The molecule has 0 fully saturated rings. The molecule has 6 nitrogen and oxygen atoms in total. The Labute approximate surface area is 76.6 Å². The molecule has 0 saturated carbocycles. The summed E-state index contributed by atoms with van der Waals surface area (Å²) in [6, 6.07) is -0.876. The Morgan fingerprint density at radius 2 is 2.15 bits per heavy atom. The summed E-state index contributed by atoms with van der Waals surface area (Å²) in [7, 11) is 0. The Hall–Kier alpha value is -1.14. The topological polar surface area (TPSA) is 107 Å². The van der Waals surface area contributed by atoms with Crippen LogP contribution in [0, 0.1) is 0 Å². The van der Waals surface area contributed by atoms with Crippen LogP contribution in [0.15, 0.2) is 0 Å². The third kappa shape index (κ3) is 6.06. The van der Waals surface area contributed by atoms with Gasteiger partial charge in [-0.25, -0.2) is 4.79 Å². The summed E-state index contributed by atoms with van der Waals surface area (Å²) < 4.78 is 5.05. The molecule has 13 heavy (non-hydrogen) atoms. The zero-order chi connectivity index (χ0) is 10.3. The summed E-state index contributed by atoms with van der Waals surface area (Å²) in [5.41, 5.74) is 9.96. The monoisotopic (exact) mass is 189 g/mol. The quantitative estimate of drug-likeness (QED) is 0.479. The SMILES string of the molecule is CC(OCCCN)C(=O)NC(N)=O. The zero-order valence-corrected chi connectivity index (χ0v) is 7.58. The van der Waals surface area contributed by atoms with Crippen LogP contribution in [0.3, 0.4) is 0 Å². The van der Waals surface area contributed by atoms with Gasteiger partial charge in [0.2, 0.25) is 0 Å². The highest BCUT2D eigenvalue weighted by molar-refractivity contribution is 5.95. The van der Waals surface area contributed by atoms with Crippen molar-refractivity contribution in [1.29, 1.82) is 0 Å². The van der Waals surface area contributed by atoms with Crippen molar-refractivity contribution in [3.05, 3.63) is 0 Å². The minimum absolute atomic E-state index is 0.393. The predicted molar refractivity (Wildman–Crippen MR) is 46.8 cm³/mol. The van der Waals surface area contributed by atoms with E-state index >= 15 is 0 Å². The molecule has 0 radical (unpaired) electrons. The minimum Gasteiger partial charge on any atom is -0.369 e. The van der Waals surface area contributed by atoms with Gasteiger partial charge in [-0.15, -0.1) is 0 Å². The standard InChI is InChI=1S/C7H15N3O3/c1-5(13-4-2-3-8)6(11)10-7(9)12/h5H,2-4,8H2,1H3,(H3,9,10,11,12). The molecule has 76 valence electrons. The molecule has 0 aliphatic carbocycles. The number of ether oxygens (including phenoxy) is 1. The van der Waals surface area contributed by atoms with Crippen molar-refractivity contribution in [2.24, 2.45) is 11.5 Å². The molecule has 0 aromatic rings. The van der Waals surface area contributed by atoms with Gasteiger partial charge in [0.25, 0.3) is 5.91 Å². The van der Waals surface area contributed by atoms with Gasteiger partial charge in [-0.2, -0.15) is 0 Å². The number of imide groups is 1. The second kappa shape index (κ2) is 6.38. The first-order valence-electron chi connectivity index (χ1n) is 4.00. The first-order chi connectivity index (χ1) is 6.07. The fourth-order valence-corrected chi connectivity index (χ4v) is 0.642. The molecule has 1 unspecified atom stereocenters. The maximum Gasteiger partial charge on any atom is 0.318 e. The van der Waals surface area contributed by atoms with E-state index < -0.39 is 18.0 Å². The third-order valence-electron chi connectivity index (χ3n) is 1.33. The molecule has 6 heteroatoms. The number of nitrogens with two attached hydrogens (primary N) is 2. The summed E-state index contributed by atoms with van der Waals surface area (Å²) in [6.45, 7) is 2.43. The highest BCUT2D eigenvalue weighted by Gasteiger charge is 2.13. The molecular formula is C7H15N3O3. The second-order valence-electron chi connectivity index (χ2n) is 2.51. The largest absolute Gasteiger partial charge is 0.369 e. The van der Waals surface area contributed by atoms with Crippen LogP contribution < -0.4 is 16.8 Å². The number of hydrogen-bond acceptors (Lipinski definition) is 4. The Morgan fingerprint density at radius 1 is 1.54 bits per heavy atom. The van der Waals surface area contributed by atoms with Gasteiger partial charge in [0.15, 0.2) is 0 Å². The fourth-order valence-electron chi connectivity index (χ4n) is 0.642. The lowest BCUT2D eigenvalue weighted by molar-refractivity contribution is -0.130. The maximum absolute atomic E-state index is 11.0. The lowest BCUT2D eigenvalue weighted by atomic mass is 10.3. The Bertz CT molecular complexity index is 184. The maximum atomic E-state index is 11.0. The molecule has 3 amide bonds. The fraction of sp³-hybridized carbons (Fsp3) is 0.714. The lowest BCUT2D eigenvalue weighted by Gasteiger charge is -2.10. The van der Waals surface area contributed by atoms with Crippen LogP contribution in [-0.4, -0.2) is 31.2 Å². The van der Waals surface area contributed by atoms with Crippen molar-refractivity contribution in [2.75, 3.05) is 13.2 Å². The molecule has 5 N–H and O–H groups in total. The molecule has 0 heterocycles. The van der Waals surface area contributed by atoms with Crippen molar-refractivity contribution < 1.29 is 14.3 Å². The van der Waals surface area contributed by atoms with Crippen LogP contribution in [0.4, 0.5) is 4.79 Å². The van der Waals surface area contributed by atoms with E-state index in [4.69, 9.17) is 16.2 Å². The van der Waals surface area contributed by atoms with Crippen molar-refractivity contribution in [2.45, 2.75) is 19.4 Å². The molecule has 0 spiro atoms. The van der Waals surface area contributed by atoms with Gasteiger partial charge in [0.05, 0.1) is 0 Å². The first-order valence-corrected chi connectivity index (χ1v) is 4.00. The zero-order valence-electron chi connectivity index (χ0n) is 7.58. The normalized spacial score (nSPS) is 12.2. The van der Waals surface area contributed by atoms with Gasteiger partial charge in [0.1, 0.15) is 6.10 Å². The van der Waals surface area contributed by atoms with E-state index in [1.807, 2.05) is 5.32 Å². The lowest BCUT2D eigenvalue weighted by Crippen LogP contribution is -2.41. The van der Waals surface area contributed by atoms with E-state index in [2.05, 4.69) is 0 Å². The average Bonchev–Trinajstić information content (AvgIpc) is 2.03. The average molecular weight is 189 g/mol. The van der Waals surface area contributed by atoms with Gasteiger partial charge >= 0.3 is 6.03 Å². The smallest absolute Gasteiger partial charge is 0.318 e. The van der Waals surface area contributed by atoms with Crippen LogP contribution in [0.2, 0.25) is 0 Å². The summed E-state index contributed by atoms with van der Waals surface area (Å²) >= 11 is 0. The van der Waals surface area contributed by atoms with Crippen molar-refractivity contribution in [1.82, 2.24) is 5.32 Å². The van der Waals surface area contributed by atoms with Crippen molar-refractivity contribution in [3.8, 4) is 0 Å². The molecule has 1 atom stereocenters. The Morgan fingerprint density at radius 3 is 2.62 bits per heavy atom. The summed E-state index contributed by atoms with van der Waals surface area (Å²) in [5, 5.41) is 1.91. The molecule has 0 aromatic heterocycles. The second-order valence-corrected chi connectivity index (χ2v) is 2.51. The number of carbonyl (C=O) groups excluding carboxylic acids is 2. The number of carbonyl (C=O) groups is 2. The Balaban J connectivity index is 3.63. The molecule has 0 aliphatic heterocycles. The number of amides is 3. The number of urea groups is 1. The van der Waals surface area contributed by atoms with E-state index in [0.717, 1.165) is 0 Å². The van der Waals surface area contributed by atoms with Crippen molar-refractivity contribution >= 4 is 11.9 Å². The summed E-state index contributed by atoms with van der Waals surface area (Å²) in [4.78, 5) is 21.2. The molecule has 0 rings (SSSR count). The van der Waals surface area contributed by atoms with Crippen molar-refractivity contribution in [3.63, 3.8) is 0 Å². The molecule has 0 aromatic carbocycles. The summed E-state index contributed by atoms with van der Waals surface area (Å²) in [6.07, 6.45) is -0.00664. The first kappa shape index (κ1) is 11.9. The van der Waals surface area contributed by atoms with Crippen LogP contribution in [-0.2, 0) is 9.53 Å². The van der Waals surface area contributed by atoms with E-state index in [-0.39, 0.29) is 0 Å². The number of rotatable bonds is 5. The number of nitrogens with one attached hydrogen (secondary N) is 1. The summed E-state index contributed by atoms with van der Waals surface area (Å²) in [5.74, 6) is -0.537. The van der Waals surface area contributed by atoms with Crippen LogP contribution in [0.1, 0.15) is 13.3 Å². The van der Waals surface area contributed by atoms with Gasteiger partial charge in [0, 0.05) is 6.61 Å². The highest BCUT2D eigenvalue weighted by Crippen LogP contribution is 1.91. The van der Waals surface area contributed by atoms with E-state index in [1.54, 1.807) is 0 Å². The van der Waals surface area contributed by atoms with Crippen LogP contribution >= 0.6 is 0 Å². The molecule has 0 bridgehead atoms. The molecule has 0 aliphatic rings. The predicted octanol–water partition coefficient (Wildman–Crippen LogP) is -1.06. The van der Waals surface area contributed by atoms with Gasteiger partial charge in [-0.3, -0.25) is 10.1 Å². The third-order valence-corrected chi connectivity index (χ3v) is 1.33. The van der Waals surface area contributed by atoms with Crippen LogP contribution in [0.5, 0.6) is 0 Å². The van der Waals surface area contributed by atoms with E-state index in [1.165, 1.54) is 6.92 Å². The minimum atomic E-state index is -0.876. The molecular weight excluding hydrogens is 174 g/mol. The van der Waals surface area contributed by atoms with Gasteiger partial charge in [-0.05, 0) is 19.9 Å². The van der Waals surface area contributed by atoms with Gasteiger partial charge in [-0.1, -0.05) is 0 Å². The Kier molecular flexibility index (Phi) is 5.82. The van der Waals surface area contributed by atoms with Crippen LogP contribution in [0.25, 0.3) is 0 Å². The van der Waals surface area contributed by atoms with E-state index in [0.29, 0.717) is 19.6 Å². The van der Waals surface area contributed by atoms with E-state index in [9.17, 15) is 9.59 Å². The molecule has 0 saturated heterocycles. The van der Waals surface area contributed by atoms with Gasteiger partial charge < -0.3 is 16.2 Å².